The lowest BCUT2D eigenvalue weighted by molar-refractivity contribution is -0.116. The number of halogens is 1. The summed E-state index contributed by atoms with van der Waals surface area (Å²) in [6.07, 6.45) is 4.99. The highest BCUT2D eigenvalue weighted by Gasteiger charge is 1.96. The van der Waals surface area contributed by atoms with Crippen LogP contribution in [0, 0.1) is 5.82 Å². The van der Waals surface area contributed by atoms with Crippen LogP contribution in [0.2, 0.25) is 0 Å². The summed E-state index contributed by atoms with van der Waals surface area (Å²) in [7, 11) is 0. The van der Waals surface area contributed by atoms with Crippen LogP contribution < -0.4 is 5.32 Å². The molecule has 0 fully saturated rings. The van der Waals surface area contributed by atoms with Gasteiger partial charge in [-0.2, -0.15) is 0 Å². The topological polar surface area (TPSA) is 29.1 Å². The number of nitrogens with one attached hydrogen (secondary N) is 1. The summed E-state index contributed by atoms with van der Waals surface area (Å²) in [4.78, 5) is 11.6. The van der Waals surface area contributed by atoms with E-state index in [4.69, 9.17) is 0 Å². The lowest BCUT2D eigenvalue weighted by Crippen LogP contribution is -2.22. The summed E-state index contributed by atoms with van der Waals surface area (Å²) in [5.74, 6) is -0.412. The number of hydrogen-bond donors (Lipinski definition) is 1. The van der Waals surface area contributed by atoms with Gasteiger partial charge >= 0.3 is 0 Å². The second-order valence-electron chi connectivity index (χ2n) is 4.77. The maximum Gasteiger partial charge on any atom is 0.243 e. The Hall–Kier alpha value is -2.42. The molecule has 2 rings (SSSR count). The van der Waals surface area contributed by atoms with Crippen molar-refractivity contribution in [2.45, 2.75) is 12.8 Å². The summed E-state index contributed by atoms with van der Waals surface area (Å²) in [5, 5.41) is 2.83. The zero-order valence-corrected chi connectivity index (χ0v) is 11.8. The van der Waals surface area contributed by atoms with Crippen molar-refractivity contribution in [2.75, 3.05) is 6.54 Å². The summed E-state index contributed by atoms with van der Waals surface area (Å²) < 4.78 is 12.7. The molecule has 0 saturated carbocycles. The molecule has 0 aliphatic carbocycles. The van der Waals surface area contributed by atoms with Gasteiger partial charge in [0.2, 0.25) is 5.91 Å². The van der Waals surface area contributed by atoms with Crippen LogP contribution >= 0.6 is 0 Å². The van der Waals surface area contributed by atoms with Gasteiger partial charge in [0.1, 0.15) is 5.82 Å². The number of carbonyl (C=O) groups is 1. The highest BCUT2D eigenvalue weighted by atomic mass is 19.1. The van der Waals surface area contributed by atoms with Crippen molar-refractivity contribution in [3.8, 4) is 0 Å². The van der Waals surface area contributed by atoms with Gasteiger partial charge in [-0.3, -0.25) is 4.79 Å². The van der Waals surface area contributed by atoms with Gasteiger partial charge in [0.05, 0.1) is 0 Å². The molecule has 0 saturated heterocycles. The number of amides is 1. The van der Waals surface area contributed by atoms with Gasteiger partial charge in [0.15, 0.2) is 0 Å². The van der Waals surface area contributed by atoms with Crippen molar-refractivity contribution in [3.63, 3.8) is 0 Å². The summed E-state index contributed by atoms with van der Waals surface area (Å²) in [6, 6.07) is 16.2. The molecule has 0 heterocycles. The number of aryl methyl sites for hydroxylation is 1. The predicted octanol–water partition coefficient (Wildman–Crippen LogP) is 3.59. The van der Waals surface area contributed by atoms with E-state index in [1.807, 2.05) is 18.2 Å². The van der Waals surface area contributed by atoms with Crippen LogP contribution in [-0.2, 0) is 11.2 Å². The normalized spacial score (nSPS) is 10.7. The average molecular weight is 283 g/mol. The third-order valence-corrected chi connectivity index (χ3v) is 3.08. The van der Waals surface area contributed by atoms with Gasteiger partial charge in [0, 0.05) is 12.6 Å². The van der Waals surface area contributed by atoms with Crippen molar-refractivity contribution in [2.24, 2.45) is 0 Å². The Labute approximate surface area is 124 Å². The molecule has 108 valence electrons. The molecule has 3 heteroatoms. The van der Waals surface area contributed by atoms with E-state index in [2.05, 4.69) is 17.4 Å². The first-order valence-electron chi connectivity index (χ1n) is 6.99. The molecular weight excluding hydrogens is 265 g/mol. The molecule has 2 aromatic rings. The first-order valence-corrected chi connectivity index (χ1v) is 6.99. The highest BCUT2D eigenvalue weighted by Crippen LogP contribution is 2.04. The SMILES string of the molecule is O=C(C=Cc1ccc(F)cc1)NCCCc1ccccc1. The quantitative estimate of drug-likeness (QED) is 0.637. The Bertz CT molecular complexity index is 590. The Kier molecular flexibility index (Phi) is 5.71. The molecule has 0 aliphatic rings. The van der Waals surface area contributed by atoms with Gasteiger partial charge in [-0.05, 0) is 42.2 Å². The molecule has 2 aromatic carbocycles. The fourth-order valence-electron chi connectivity index (χ4n) is 1.95. The van der Waals surface area contributed by atoms with Gasteiger partial charge in [0.25, 0.3) is 0 Å². The zero-order valence-electron chi connectivity index (χ0n) is 11.8. The largest absolute Gasteiger partial charge is 0.353 e. The van der Waals surface area contributed by atoms with E-state index in [-0.39, 0.29) is 11.7 Å². The molecule has 2 nitrogen and oxygen atoms in total. The van der Waals surface area contributed by atoms with Crippen molar-refractivity contribution < 1.29 is 9.18 Å². The van der Waals surface area contributed by atoms with E-state index < -0.39 is 0 Å². The van der Waals surface area contributed by atoms with Gasteiger partial charge in [-0.25, -0.2) is 4.39 Å². The molecule has 1 amide bonds. The molecule has 0 spiro atoms. The molecule has 0 bridgehead atoms. The number of hydrogen-bond acceptors (Lipinski definition) is 1. The van der Waals surface area contributed by atoms with Crippen LogP contribution in [0.5, 0.6) is 0 Å². The fraction of sp³-hybridized carbons (Fsp3) is 0.167. The van der Waals surface area contributed by atoms with Gasteiger partial charge in [-0.1, -0.05) is 42.5 Å². The third kappa shape index (κ3) is 5.61. The van der Waals surface area contributed by atoms with Crippen LogP contribution in [0.4, 0.5) is 4.39 Å². The average Bonchev–Trinajstić information content (AvgIpc) is 2.52. The lowest BCUT2D eigenvalue weighted by Gasteiger charge is -2.02. The highest BCUT2D eigenvalue weighted by molar-refractivity contribution is 5.91. The van der Waals surface area contributed by atoms with Crippen LogP contribution in [0.1, 0.15) is 17.5 Å². The number of rotatable bonds is 6. The second kappa shape index (κ2) is 8.00. The van der Waals surface area contributed by atoms with Crippen LogP contribution in [0.25, 0.3) is 6.08 Å². The van der Waals surface area contributed by atoms with Crippen LogP contribution in [-0.4, -0.2) is 12.5 Å². The Morgan fingerprint density at radius 2 is 1.76 bits per heavy atom. The predicted molar refractivity (Wildman–Crippen MR) is 83.2 cm³/mol. The van der Waals surface area contributed by atoms with Crippen LogP contribution in [0.15, 0.2) is 60.7 Å². The minimum atomic E-state index is -0.280. The molecule has 0 radical (unpaired) electrons. The zero-order chi connectivity index (χ0) is 14.9. The van der Waals surface area contributed by atoms with E-state index in [0.717, 1.165) is 18.4 Å². The summed E-state index contributed by atoms with van der Waals surface area (Å²) in [5.41, 5.74) is 2.07. The number of carbonyl (C=O) groups excluding carboxylic acids is 1. The summed E-state index contributed by atoms with van der Waals surface area (Å²) in [6.45, 7) is 0.640. The van der Waals surface area contributed by atoms with Crippen LogP contribution in [0.3, 0.4) is 0 Å². The van der Waals surface area contributed by atoms with Crippen molar-refractivity contribution in [1.82, 2.24) is 5.32 Å². The maximum atomic E-state index is 12.7. The van der Waals surface area contributed by atoms with Gasteiger partial charge in [-0.15, -0.1) is 0 Å². The smallest absolute Gasteiger partial charge is 0.243 e. The Morgan fingerprint density at radius 3 is 2.48 bits per heavy atom. The molecule has 0 atom stereocenters. The molecule has 0 aromatic heterocycles. The molecule has 1 N–H and O–H groups in total. The molecule has 0 aliphatic heterocycles. The standard InChI is InChI=1S/C18H18FNO/c19-17-11-8-16(9-12-17)10-13-18(21)20-14-4-7-15-5-2-1-3-6-15/h1-3,5-6,8-13H,4,7,14H2,(H,20,21). The second-order valence-corrected chi connectivity index (χ2v) is 4.77. The monoisotopic (exact) mass is 283 g/mol. The summed E-state index contributed by atoms with van der Waals surface area (Å²) >= 11 is 0. The van der Waals surface area contributed by atoms with Crippen molar-refractivity contribution in [1.29, 1.82) is 0 Å². The van der Waals surface area contributed by atoms with Crippen molar-refractivity contribution >= 4 is 12.0 Å². The minimum absolute atomic E-state index is 0.132. The lowest BCUT2D eigenvalue weighted by atomic mass is 10.1. The van der Waals surface area contributed by atoms with Crippen molar-refractivity contribution in [3.05, 3.63) is 77.6 Å². The fourth-order valence-corrected chi connectivity index (χ4v) is 1.95. The maximum absolute atomic E-state index is 12.7. The van der Waals surface area contributed by atoms with Gasteiger partial charge < -0.3 is 5.32 Å². The Balaban J connectivity index is 1.69. The van der Waals surface area contributed by atoms with E-state index in [1.165, 1.54) is 23.8 Å². The van der Waals surface area contributed by atoms with E-state index in [1.54, 1.807) is 18.2 Å². The minimum Gasteiger partial charge on any atom is -0.353 e. The van der Waals surface area contributed by atoms with E-state index in [0.29, 0.717) is 6.54 Å². The number of benzene rings is 2. The molecular formula is C18H18FNO. The Morgan fingerprint density at radius 1 is 1.05 bits per heavy atom. The first-order chi connectivity index (χ1) is 10.2. The van der Waals surface area contributed by atoms with E-state index in [9.17, 15) is 9.18 Å². The third-order valence-electron chi connectivity index (χ3n) is 3.08. The molecule has 21 heavy (non-hydrogen) atoms. The van der Waals surface area contributed by atoms with E-state index >= 15 is 0 Å². The first kappa shape index (κ1) is 15.0. The molecule has 0 unspecified atom stereocenters.